The van der Waals surface area contributed by atoms with Gasteiger partial charge in [-0.15, -0.1) is 0 Å². The lowest BCUT2D eigenvalue weighted by Gasteiger charge is -2.12. The van der Waals surface area contributed by atoms with Crippen LogP contribution in [0.5, 0.6) is 5.75 Å². The van der Waals surface area contributed by atoms with Gasteiger partial charge in [0.1, 0.15) is 17.9 Å². The van der Waals surface area contributed by atoms with Gasteiger partial charge in [0.05, 0.1) is 0 Å². The van der Waals surface area contributed by atoms with Gasteiger partial charge in [-0.1, -0.05) is 49.9 Å². The van der Waals surface area contributed by atoms with Crippen molar-refractivity contribution >= 4 is 12.0 Å². The number of phenols is 1. The molecule has 6 nitrogen and oxygen atoms in total. The SMILES string of the molecule is C=C(NC)N(C)N.CCc1ccc(O)cc1.Cc1ccccc1NC/C=C/C=O. The second-order valence-corrected chi connectivity index (χ2v) is 6.09. The number of nitrogens with zero attached hydrogens (tertiary/aromatic N) is 1. The topological polar surface area (TPSA) is 90.6 Å². The maximum atomic E-state index is 9.97. The zero-order valence-electron chi connectivity index (χ0n) is 17.9. The Hall–Kier alpha value is -3.25. The van der Waals surface area contributed by atoms with Gasteiger partial charge in [0.2, 0.25) is 0 Å². The van der Waals surface area contributed by atoms with Crippen molar-refractivity contribution in [2.24, 2.45) is 5.84 Å². The van der Waals surface area contributed by atoms with Crippen LogP contribution in [0.25, 0.3) is 0 Å². The number of benzene rings is 2. The van der Waals surface area contributed by atoms with Gasteiger partial charge in [0.15, 0.2) is 0 Å². The van der Waals surface area contributed by atoms with Crippen LogP contribution >= 0.6 is 0 Å². The molecule has 0 aliphatic rings. The lowest BCUT2D eigenvalue weighted by Crippen LogP contribution is -2.30. The molecule has 0 saturated carbocycles. The Balaban J connectivity index is 0.000000430. The Labute approximate surface area is 174 Å². The first-order valence-corrected chi connectivity index (χ1v) is 9.38. The first-order chi connectivity index (χ1) is 13.8. The number of hydrazine groups is 1. The minimum Gasteiger partial charge on any atom is -0.508 e. The first-order valence-electron chi connectivity index (χ1n) is 9.38. The summed E-state index contributed by atoms with van der Waals surface area (Å²) in [6, 6.07) is 15.3. The van der Waals surface area contributed by atoms with Crippen LogP contribution in [0.1, 0.15) is 18.1 Å². The molecular formula is C23H34N4O2. The molecule has 0 aliphatic heterocycles. The van der Waals surface area contributed by atoms with Gasteiger partial charge in [-0.25, -0.2) is 5.84 Å². The van der Waals surface area contributed by atoms with E-state index in [1.54, 1.807) is 32.3 Å². The molecule has 2 rings (SSSR count). The van der Waals surface area contributed by atoms with Crippen molar-refractivity contribution < 1.29 is 9.90 Å². The molecule has 2 aromatic carbocycles. The number of nitrogens with two attached hydrogens (primary N) is 1. The van der Waals surface area contributed by atoms with Gasteiger partial charge in [0.25, 0.3) is 0 Å². The van der Waals surface area contributed by atoms with Gasteiger partial charge in [-0.2, -0.15) is 0 Å². The third-order valence-corrected chi connectivity index (χ3v) is 3.83. The van der Waals surface area contributed by atoms with Gasteiger partial charge < -0.3 is 20.7 Å². The molecule has 158 valence electrons. The predicted molar refractivity (Wildman–Crippen MR) is 123 cm³/mol. The Bertz CT molecular complexity index is 741. The number of hydrogen-bond acceptors (Lipinski definition) is 6. The average molecular weight is 399 g/mol. The van der Waals surface area contributed by atoms with Crippen LogP contribution in [0.3, 0.4) is 0 Å². The number of aromatic hydroxyl groups is 1. The number of nitrogens with one attached hydrogen (secondary N) is 2. The lowest BCUT2D eigenvalue weighted by atomic mass is 10.2. The van der Waals surface area contributed by atoms with Crippen LogP contribution in [0, 0.1) is 6.92 Å². The second-order valence-electron chi connectivity index (χ2n) is 6.09. The fourth-order valence-electron chi connectivity index (χ4n) is 1.97. The van der Waals surface area contributed by atoms with Crippen LogP contribution in [-0.4, -0.2) is 37.0 Å². The minimum atomic E-state index is 0.340. The van der Waals surface area contributed by atoms with Crippen LogP contribution in [-0.2, 0) is 11.2 Å². The molecule has 0 atom stereocenters. The Kier molecular flexibility index (Phi) is 14.0. The molecular weight excluding hydrogens is 364 g/mol. The lowest BCUT2D eigenvalue weighted by molar-refractivity contribution is -0.104. The van der Waals surface area contributed by atoms with E-state index < -0.39 is 0 Å². The highest BCUT2D eigenvalue weighted by Gasteiger charge is 1.92. The highest BCUT2D eigenvalue weighted by molar-refractivity contribution is 5.64. The van der Waals surface area contributed by atoms with Crippen molar-refractivity contribution in [3.05, 3.63) is 84.2 Å². The van der Waals surface area contributed by atoms with Gasteiger partial charge in [0, 0.05) is 26.3 Å². The van der Waals surface area contributed by atoms with Crippen LogP contribution in [0.15, 0.2) is 73.1 Å². The number of carbonyl (C=O) groups is 1. The van der Waals surface area contributed by atoms with E-state index in [0.29, 0.717) is 18.1 Å². The van der Waals surface area contributed by atoms with Gasteiger partial charge in [-0.3, -0.25) is 4.79 Å². The van der Waals surface area contributed by atoms with Crippen molar-refractivity contribution in [2.75, 3.05) is 26.0 Å². The molecule has 29 heavy (non-hydrogen) atoms. The third-order valence-electron chi connectivity index (χ3n) is 3.83. The summed E-state index contributed by atoms with van der Waals surface area (Å²) in [5.74, 6) is 6.27. The monoisotopic (exact) mass is 398 g/mol. The fraction of sp³-hybridized carbons (Fsp3) is 0.261. The Morgan fingerprint density at radius 3 is 2.28 bits per heavy atom. The van der Waals surface area contributed by atoms with Crippen LogP contribution in [0.4, 0.5) is 5.69 Å². The summed E-state index contributed by atoms with van der Waals surface area (Å²) < 4.78 is 0. The first kappa shape index (κ1) is 25.8. The number of phenolic OH excluding ortho intramolecular Hbond substituents is 1. The number of anilines is 1. The largest absolute Gasteiger partial charge is 0.508 e. The molecule has 0 aliphatic carbocycles. The summed E-state index contributed by atoms with van der Waals surface area (Å²) in [6.07, 6.45) is 5.09. The maximum absolute atomic E-state index is 9.97. The maximum Gasteiger partial charge on any atom is 0.142 e. The number of aryl methyl sites for hydroxylation is 2. The molecule has 0 heterocycles. The van der Waals surface area contributed by atoms with Crippen molar-refractivity contribution in [1.82, 2.24) is 10.3 Å². The zero-order chi connectivity index (χ0) is 22.1. The van der Waals surface area contributed by atoms with E-state index in [1.807, 2.05) is 43.3 Å². The Morgan fingerprint density at radius 1 is 1.21 bits per heavy atom. The molecule has 0 saturated heterocycles. The number of allylic oxidation sites excluding steroid dienone is 1. The fourth-order valence-corrected chi connectivity index (χ4v) is 1.97. The van der Waals surface area contributed by atoms with Crippen LogP contribution < -0.4 is 16.5 Å². The summed E-state index contributed by atoms with van der Waals surface area (Å²) in [5, 5.41) is 16.2. The van der Waals surface area contributed by atoms with E-state index in [9.17, 15) is 4.79 Å². The van der Waals surface area contributed by atoms with Crippen molar-refractivity contribution in [2.45, 2.75) is 20.3 Å². The summed E-state index contributed by atoms with van der Waals surface area (Å²) in [6.45, 7) is 8.38. The second kappa shape index (κ2) is 15.8. The molecule has 0 fully saturated rings. The standard InChI is InChI=1S/C11H13NO.C8H10O.C4H11N3/c1-10-6-2-3-7-11(10)12-8-4-5-9-13;1-2-7-3-5-8(9)6-4-7;1-4(6-2)7(3)5/h2-7,9,12H,8H2,1H3;3-6,9H,2H2,1H3;6H,1,5H2,2-3H3/b5-4+;;. The predicted octanol–water partition coefficient (Wildman–Crippen LogP) is 3.60. The normalized spacial score (nSPS) is 9.41. The molecule has 0 bridgehead atoms. The van der Waals surface area contributed by atoms with E-state index in [1.165, 1.54) is 22.2 Å². The summed E-state index contributed by atoms with van der Waals surface area (Å²) in [7, 11) is 3.49. The van der Waals surface area contributed by atoms with Crippen LogP contribution in [0.2, 0.25) is 0 Å². The number of rotatable bonds is 7. The van der Waals surface area contributed by atoms with E-state index in [0.717, 1.165) is 18.4 Å². The van der Waals surface area contributed by atoms with Gasteiger partial charge in [-0.05, 0) is 48.7 Å². The quantitative estimate of drug-likeness (QED) is 0.247. The number of aldehydes is 1. The molecule has 0 unspecified atom stereocenters. The number of carbonyl (C=O) groups excluding carboxylic acids is 1. The summed E-state index contributed by atoms with van der Waals surface area (Å²) >= 11 is 0. The van der Waals surface area contributed by atoms with E-state index in [2.05, 4.69) is 24.1 Å². The average Bonchev–Trinajstić information content (AvgIpc) is 2.73. The summed E-state index contributed by atoms with van der Waals surface area (Å²) in [5.41, 5.74) is 3.58. The molecule has 0 radical (unpaired) electrons. The number of para-hydroxylation sites is 1. The molecule has 0 aromatic heterocycles. The highest BCUT2D eigenvalue weighted by Crippen LogP contribution is 2.12. The minimum absolute atomic E-state index is 0.340. The molecule has 0 amide bonds. The smallest absolute Gasteiger partial charge is 0.142 e. The third kappa shape index (κ3) is 12.7. The molecule has 6 heteroatoms. The molecule has 0 spiro atoms. The molecule has 2 aromatic rings. The number of hydrogen-bond donors (Lipinski definition) is 4. The van der Waals surface area contributed by atoms with Gasteiger partial charge >= 0.3 is 0 Å². The van der Waals surface area contributed by atoms with Crippen molar-refractivity contribution in [1.29, 1.82) is 0 Å². The zero-order valence-corrected chi connectivity index (χ0v) is 17.9. The summed E-state index contributed by atoms with van der Waals surface area (Å²) in [4.78, 5) is 9.97. The highest BCUT2D eigenvalue weighted by atomic mass is 16.3. The molecule has 5 N–H and O–H groups in total. The van der Waals surface area contributed by atoms with E-state index in [-0.39, 0.29) is 0 Å². The van der Waals surface area contributed by atoms with Crippen molar-refractivity contribution in [3.63, 3.8) is 0 Å². The Morgan fingerprint density at radius 2 is 1.83 bits per heavy atom. The van der Waals surface area contributed by atoms with E-state index in [4.69, 9.17) is 10.9 Å². The van der Waals surface area contributed by atoms with Crippen molar-refractivity contribution in [3.8, 4) is 5.75 Å². The van der Waals surface area contributed by atoms with E-state index >= 15 is 0 Å².